The molecule has 0 spiro atoms. The van der Waals surface area contributed by atoms with Crippen LogP contribution < -0.4 is 20.3 Å². The summed E-state index contributed by atoms with van der Waals surface area (Å²) in [7, 11) is -2.41. The Hall–Kier alpha value is -3.41. The van der Waals surface area contributed by atoms with Crippen molar-refractivity contribution in [2.75, 3.05) is 40.0 Å². The molecular weight excluding hydrogens is 462 g/mol. The van der Waals surface area contributed by atoms with E-state index >= 15 is 0 Å². The van der Waals surface area contributed by atoms with Crippen molar-refractivity contribution < 1.29 is 32.2 Å². The van der Waals surface area contributed by atoms with E-state index in [-0.39, 0.29) is 30.3 Å². The molecule has 2 aromatic carbocycles. The Morgan fingerprint density at radius 2 is 1.82 bits per heavy atom. The van der Waals surface area contributed by atoms with Crippen molar-refractivity contribution in [3.63, 3.8) is 0 Å². The van der Waals surface area contributed by atoms with Crippen LogP contribution in [0.1, 0.15) is 11.1 Å². The van der Waals surface area contributed by atoms with Gasteiger partial charge in [0.15, 0.2) is 6.61 Å². The number of hydrazine groups is 1. The van der Waals surface area contributed by atoms with Crippen molar-refractivity contribution in [1.29, 1.82) is 0 Å². The second-order valence-corrected chi connectivity index (χ2v) is 9.26. The number of aryl methyl sites for hydroxylation is 1. The highest BCUT2D eigenvalue weighted by Crippen LogP contribution is 2.28. The highest BCUT2D eigenvalue weighted by molar-refractivity contribution is 7.89. The molecule has 34 heavy (non-hydrogen) atoms. The molecule has 10 nitrogen and oxygen atoms in total. The molecule has 1 aliphatic rings. The second kappa shape index (κ2) is 11.6. The van der Waals surface area contributed by atoms with Crippen LogP contribution in [0.3, 0.4) is 0 Å². The Balaban J connectivity index is 1.59. The summed E-state index contributed by atoms with van der Waals surface area (Å²) in [5, 5.41) is 0. The number of morpholine rings is 1. The number of benzene rings is 2. The Labute approximate surface area is 198 Å². The molecule has 0 unspecified atom stereocenters. The Morgan fingerprint density at radius 3 is 2.53 bits per heavy atom. The van der Waals surface area contributed by atoms with E-state index in [2.05, 4.69) is 10.9 Å². The van der Waals surface area contributed by atoms with Crippen molar-refractivity contribution >= 4 is 27.9 Å². The van der Waals surface area contributed by atoms with Crippen LogP contribution in [0.5, 0.6) is 11.5 Å². The average molecular weight is 490 g/mol. The van der Waals surface area contributed by atoms with E-state index < -0.39 is 21.8 Å². The molecule has 1 fully saturated rings. The molecule has 2 amide bonds. The Bertz CT molecular complexity index is 1160. The third kappa shape index (κ3) is 6.56. The minimum Gasteiger partial charge on any atom is -0.495 e. The summed E-state index contributed by atoms with van der Waals surface area (Å²) < 4.78 is 43.3. The van der Waals surface area contributed by atoms with Crippen LogP contribution >= 0.6 is 0 Å². The molecule has 0 aliphatic carbocycles. The number of rotatable bonds is 8. The first-order valence-electron chi connectivity index (χ1n) is 10.5. The van der Waals surface area contributed by atoms with E-state index in [0.29, 0.717) is 24.5 Å². The van der Waals surface area contributed by atoms with Gasteiger partial charge < -0.3 is 14.2 Å². The van der Waals surface area contributed by atoms with Crippen molar-refractivity contribution in [3.8, 4) is 11.5 Å². The predicted octanol–water partition coefficient (Wildman–Crippen LogP) is 1.26. The standard InChI is InChI=1S/C23H27N3O7S/c1-17-5-3-4-6-19(17)33-16-23(28)25-24-22(27)10-8-18-7-9-20(31-2)21(15-18)34(29,30)26-11-13-32-14-12-26/h3-10,15H,11-14,16H2,1-2H3,(H,24,27)(H,25,28). The third-order valence-corrected chi connectivity index (χ3v) is 6.90. The molecule has 182 valence electrons. The lowest BCUT2D eigenvalue weighted by Gasteiger charge is -2.26. The van der Waals surface area contributed by atoms with Gasteiger partial charge in [-0.2, -0.15) is 4.31 Å². The molecule has 1 aliphatic heterocycles. The number of nitrogens with zero attached hydrogens (tertiary/aromatic N) is 1. The fourth-order valence-electron chi connectivity index (χ4n) is 3.17. The summed E-state index contributed by atoms with van der Waals surface area (Å²) in [4.78, 5) is 24.0. The third-order valence-electron chi connectivity index (χ3n) is 4.98. The molecule has 0 radical (unpaired) electrons. The van der Waals surface area contributed by atoms with Crippen molar-refractivity contribution in [3.05, 3.63) is 59.7 Å². The van der Waals surface area contributed by atoms with Gasteiger partial charge in [0.1, 0.15) is 16.4 Å². The lowest BCUT2D eigenvalue weighted by Crippen LogP contribution is -2.43. The van der Waals surface area contributed by atoms with Crippen molar-refractivity contribution in [2.45, 2.75) is 11.8 Å². The summed E-state index contributed by atoms with van der Waals surface area (Å²) in [6.07, 6.45) is 2.61. The monoisotopic (exact) mass is 489 g/mol. The molecule has 2 aromatic rings. The number of sulfonamides is 1. The number of hydrogen-bond donors (Lipinski definition) is 2. The average Bonchev–Trinajstić information content (AvgIpc) is 2.86. The van der Waals surface area contributed by atoms with Crippen LogP contribution in [0.2, 0.25) is 0 Å². The molecule has 0 saturated carbocycles. The maximum Gasteiger partial charge on any atom is 0.276 e. The fraction of sp³-hybridized carbons (Fsp3) is 0.304. The van der Waals surface area contributed by atoms with Crippen LogP contribution in [-0.4, -0.2) is 64.6 Å². The van der Waals surface area contributed by atoms with Crippen LogP contribution in [0.4, 0.5) is 0 Å². The number of methoxy groups -OCH3 is 1. The van der Waals surface area contributed by atoms with Crippen molar-refractivity contribution in [2.24, 2.45) is 0 Å². The predicted molar refractivity (Wildman–Crippen MR) is 125 cm³/mol. The number of hydrogen-bond acceptors (Lipinski definition) is 7. The van der Waals surface area contributed by atoms with E-state index in [0.717, 1.165) is 5.56 Å². The fourth-order valence-corrected chi connectivity index (χ4v) is 4.77. The Kier molecular flexibility index (Phi) is 8.63. The zero-order chi connectivity index (χ0) is 24.6. The van der Waals surface area contributed by atoms with E-state index in [1.165, 1.54) is 35.7 Å². The lowest BCUT2D eigenvalue weighted by atomic mass is 10.2. The second-order valence-electron chi connectivity index (χ2n) is 7.35. The largest absolute Gasteiger partial charge is 0.495 e. The zero-order valence-corrected chi connectivity index (χ0v) is 19.8. The maximum atomic E-state index is 13.0. The van der Waals surface area contributed by atoms with Gasteiger partial charge in [0, 0.05) is 19.2 Å². The summed E-state index contributed by atoms with van der Waals surface area (Å²) in [5.74, 6) is -0.355. The van der Waals surface area contributed by atoms with Gasteiger partial charge in [0.2, 0.25) is 10.0 Å². The lowest BCUT2D eigenvalue weighted by molar-refractivity contribution is -0.128. The number of carbonyl (C=O) groups excluding carboxylic acids is 2. The van der Waals surface area contributed by atoms with Gasteiger partial charge in [-0.1, -0.05) is 24.3 Å². The van der Waals surface area contributed by atoms with E-state index in [1.807, 2.05) is 19.1 Å². The number of carbonyl (C=O) groups is 2. The smallest absolute Gasteiger partial charge is 0.276 e. The Morgan fingerprint density at radius 1 is 1.09 bits per heavy atom. The summed E-state index contributed by atoms with van der Waals surface area (Å²) in [6.45, 7) is 2.74. The van der Waals surface area contributed by atoms with Crippen molar-refractivity contribution in [1.82, 2.24) is 15.2 Å². The van der Waals surface area contributed by atoms with Gasteiger partial charge in [0.05, 0.1) is 20.3 Å². The number of para-hydroxylation sites is 1. The minimum atomic E-state index is -3.80. The number of ether oxygens (including phenoxy) is 3. The maximum absolute atomic E-state index is 13.0. The molecule has 0 aromatic heterocycles. The minimum absolute atomic E-state index is 0.00103. The van der Waals surface area contributed by atoms with E-state index in [4.69, 9.17) is 14.2 Å². The van der Waals surface area contributed by atoms with Gasteiger partial charge in [-0.05, 0) is 42.3 Å². The van der Waals surface area contributed by atoms with Gasteiger partial charge in [-0.25, -0.2) is 8.42 Å². The summed E-state index contributed by atoms with van der Waals surface area (Å²) >= 11 is 0. The molecule has 0 bridgehead atoms. The zero-order valence-electron chi connectivity index (χ0n) is 18.9. The summed E-state index contributed by atoms with van der Waals surface area (Å²) in [5.41, 5.74) is 5.86. The first kappa shape index (κ1) is 25.2. The quantitative estimate of drug-likeness (QED) is 0.423. The van der Waals surface area contributed by atoms with Crippen LogP contribution in [-0.2, 0) is 24.3 Å². The van der Waals surface area contributed by atoms with Gasteiger partial charge in [0.25, 0.3) is 11.8 Å². The van der Waals surface area contributed by atoms with E-state index in [9.17, 15) is 18.0 Å². The van der Waals surface area contributed by atoms with Crippen LogP contribution in [0, 0.1) is 6.92 Å². The normalized spacial score (nSPS) is 14.5. The van der Waals surface area contributed by atoms with Crippen LogP contribution in [0.15, 0.2) is 53.4 Å². The first-order valence-corrected chi connectivity index (χ1v) is 12.0. The highest BCUT2D eigenvalue weighted by atomic mass is 32.2. The number of nitrogens with one attached hydrogen (secondary N) is 2. The van der Waals surface area contributed by atoms with Gasteiger partial charge in [-0.15, -0.1) is 0 Å². The highest BCUT2D eigenvalue weighted by Gasteiger charge is 2.29. The van der Waals surface area contributed by atoms with Crippen LogP contribution in [0.25, 0.3) is 6.08 Å². The molecule has 1 saturated heterocycles. The topological polar surface area (TPSA) is 123 Å². The van der Waals surface area contributed by atoms with Gasteiger partial charge in [-0.3, -0.25) is 20.4 Å². The first-order chi connectivity index (χ1) is 16.3. The summed E-state index contributed by atoms with van der Waals surface area (Å²) in [6, 6.07) is 11.8. The SMILES string of the molecule is COc1ccc(C=CC(=O)NNC(=O)COc2ccccc2C)cc1S(=O)(=O)N1CCOCC1. The molecule has 3 rings (SSSR count). The number of amides is 2. The molecule has 1 heterocycles. The molecule has 2 N–H and O–H groups in total. The van der Waals surface area contributed by atoms with E-state index in [1.54, 1.807) is 18.2 Å². The molecular formula is C23H27N3O7S. The molecule has 11 heteroatoms. The van der Waals surface area contributed by atoms with Gasteiger partial charge >= 0.3 is 0 Å². The molecule has 0 atom stereocenters.